The lowest BCUT2D eigenvalue weighted by molar-refractivity contribution is 0.613. The molecule has 0 amide bonds. The van der Waals surface area contributed by atoms with Gasteiger partial charge in [0.25, 0.3) is 5.56 Å². The number of hydrogen-bond acceptors (Lipinski definition) is 6. The number of rotatable bonds is 4. The van der Waals surface area contributed by atoms with Gasteiger partial charge in [0.1, 0.15) is 22.8 Å². The van der Waals surface area contributed by atoms with Crippen LogP contribution in [0.2, 0.25) is 0 Å². The van der Waals surface area contributed by atoms with Crippen LogP contribution in [0.4, 0.5) is 4.39 Å². The summed E-state index contributed by atoms with van der Waals surface area (Å²) in [6, 6.07) is 6.43. The second kappa shape index (κ2) is 6.65. The Morgan fingerprint density at radius 1 is 1.31 bits per heavy atom. The number of aryl methyl sites for hydroxylation is 2. The molecule has 0 atom stereocenters. The van der Waals surface area contributed by atoms with Crippen LogP contribution in [0, 0.1) is 19.7 Å². The summed E-state index contributed by atoms with van der Waals surface area (Å²) in [6.07, 6.45) is 1.46. The topological polar surface area (TPSA) is 76.5 Å². The van der Waals surface area contributed by atoms with Gasteiger partial charge in [-0.25, -0.2) is 9.37 Å². The molecule has 132 valence electrons. The summed E-state index contributed by atoms with van der Waals surface area (Å²) < 4.78 is 15.6. The van der Waals surface area contributed by atoms with Crippen molar-refractivity contribution >= 4 is 33.3 Å². The van der Waals surface area contributed by atoms with Crippen molar-refractivity contribution in [3.63, 3.8) is 0 Å². The standard InChI is InChI=1S/C17H14FN5OS2/c1-9-10(2)26-16-14(9)15(24)20-13(21-16)7-25-17-22-19-8-23(17)12-6-4-3-5-11(12)18/h3-6,8H,7H2,1-2H3,(H,20,21,24). The maximum atomic E-state index is 14.0. The number of nitrogens with one attached hydrogen (secondary N) is 1. The number of benzene rings is 1. The highest BCUT2D eigenvalue weighted by molar-refractivity contribution is 7.98. The number of aromatic amines is 1. The second-order valence-electron chi connectivity index (χ2n) is 5.70. The van der Waals surface area contributed by atoms with E-state index in [9.17, 15) is 9.18 Å². The van der Waals surface area contributed by atoms with Crippen LogP contribution in [0.1, 0.15) is 16.3 Å². The van der Waals surface area contributed by atoms with E-state index in [1.165, 1.54) is 35.5 Å². The number of H-pyrrole nitrogens is 1. The Labute approximate surface area is 156 Å². The van der Waals surface area contributed by atoms with E-state index in [2.05, 4.69) is 20.2 Å². The zero-order valence-electron chi connectivity index (χ0n) is 14.0. The second-order valence-corrected chi connectivity index (χ2v) is 7.85. The van der Waals surface area contributed by atoms with E-state index in [-0.39, 0.29) is 11.4 Å². The van der Waals surface area contributed by atoms with Crippen LogP contribution in [-0.4, -0.2) is 24.7 Å². The average Bonchev–Trinajstić information content (AvgIpc) is 3.18. The van der Waals surface area contributed by atoms with Crippen LogP contribution < -0.4 is 5.56 Å². The highest BCUT2D eigenvalue weighted by atomic mass is 32.2. The smallest absolute Gasteiger partial charge is 0.259 e. The molecule has 0 bridgehead atoms. The molecule has 0 fully saturated rings. The zero-order valence-corrected chi connectivity index (χ0v) is 15.6. The van der Waals surface area contributed by atoms with Gasteiger partial charge in [0.15, 0.2) is 5.16 Å². The quantitative estimate of drug-likeness (QED) is 0.541. The summed E-state index contributed by atoms with van der Waals surface area (Å²) in [5.74, 6) is 0.595. The van der Waals surface area contributed by atoms with E-state index in [1.807, 2.05) is 13.8 Å². The molecule has 4 rings (SSSR count). The highest BCUT2D eigenvalue weighted by Crippen LogP contribution is 2.27. The van der Waals surface area contributed by atoms with Crippen molar-refractivity contribution in [2.45, 2.75) is 24.8 Å². The van der Waals surface area contributed by atoms with Crippen molar-refractivity contribution in [2.75, 3.05) is 0 Å². The maximum absolute atomic E-state index is 14.0. The zero-order chi connectivity index (χ0) is 18.3. The fourth-order valence-corrected chi connectivity index (χ4v) is 4.48. The van der Waals surface area contributed by atoms with Gasteiger partial charge in [0.2, 0.25) is 0 Å². The molecule has 26 heavy (non-hydrogen) atoms. The first kappa shape index (κ1) is 16.9. The van der Waals surface area contributed by atoms with Gasteiger partial charge in [-0.2, -0.15) is 0 Å². The van der Waals surface area contributed by atoms with Crippen molar-refractivity contribution in [3.8, 4) is 5.69 Å². The lowest BCUT2D eigenvalue weighted by Gasteiger charge is -2.07. The molecule has 9 heteroatoms. The van der Waals surface area contributed by atoms with Gasteiger partial charge in [0.05, 0.1) is 16.8 Å². The molecular weight excluding hydrogens is 373 g/mol. The van der Waals surface area contributed by atoms with Gasteiger partial charge in [0, 0.05) is 4.88 Å². The first-order valence-corrected chi connectivity index (χ1v) is 9.61. The minimum atomic E-state index is -0.355. The lowest BCUT2D eigenvalue weighted by Crippen LogP contribution is -2.11. The fraction of sp³-hybridized carbons (Fsp3) is 0.176. The minimum absolute atomic E-state index is 0.136. The third kappa shape index (κ3) is 2.93. The van der Waals surface area contributed by atoms with Gasteiger partial charge in [-0.1, -0.05) is 23.9 Å². The van der Waals surface area contributed by atoms with Crippen LogP contribution in [0.15, 0.2) is 40.5 Å². The molecule has 4 aromatic rings. The predicted molar refractivity (Wildman–Crippen MR) is 101 cm³/mol. The number of thioether (sulfide) groups is 1. The molecule has 1 N–H and O–H groups in total. The fourth-order valence-electron chi connectivity index (χ4n) is 2.64. The van der Waals surface area contributed by atoms with E-state index >= 15 is 0 Å². The molecule has 6 nitrogen and oxygen atoms in total. The Bertz CT molecular complexity index is 1160. The maximum Gasteiger partial charge on any atom is 0.259 e. The summed E-state index contributed by atoms with van der Waals surface area (Å²) in [6.45, 7) is 3.91. The summed E-state index contributed by atoms with van der Waals surface area (Å²) in [5.41, 5.74) is 1.21. The Morgan fingerprint density at radius 2 is 2.12 bits per heavy atom. The highest BCUT2D eigenvalue weighted by Gasteiger charge is 2.14. The van der Waals surface area contributed by atoms with E-state index in [0.29, 0.717) is 27.8 Å². The Balaban J connectivity index is 1.63. The Kier molecular flexibility index (Phi) is 4.33. The van der Waals surface area contributed by atoms with Crippen molar-refractivity contribution < 1.29 is 4.39 Å². The molecule has 0 aliphatic rings. The third-order valence-electron chi connectivity index (χ3n) is 4.05. The average molecular weight is 387 g/mol. The van der Waals surface area contributed by atoms with Crippen LogP contribution >= 0.6 is 23.1 Å². The van der Waals surface area contributed by atoms with Crippen molar-refractivity contribution in [3.05, 3.63) is 63.0 Å². The largest absolute Gasteiger partial charge is 0.309 e. The summed E-state index contributed by atoms with van der Waals surface area (Å²) in [7, 11) is 0. The molecule has 0 saturated carbocycles. The Hall–Kier alpha value is -2.52. The SMILES string of the molecule is Cc1sc2nc(CSc3nncn3-c3ccccc3F)[nH]c(=O)c2c1C. The molecule has 1 aromatic carbocycles. The number of halogens is 1. The monoisotopic (exact) mass is 387 g/mol. The molecule has 0 radical (unpaired) electrons. The van der Waals surface area contributed by atoms with Crippen LogP contribution in [0.5, 0.6) is 0 Å². The molecular formula is C17H14FN5OS2. The van der Waals surface area contributed by atoms with E-state index < -0.39 is 0 Å². The number of para-hydroxylation sites is 1. The van der Waals surface area contributed by atoms with Crippen LogP contribution in [0.25, 0.3) is 15.9 Å². The van der Waals surface area contributed by atoms with Gasteiger partial charge >= 0.3 is 0 Å². The van der Waals surface area contributed by atoms with Crippen LogP contribution in [-0.2, 0) is 5.75 Å². The number of nitrogens with zero attached hydrogens (tertiary/aromatic N) is 4. The van der Waals surface area contributed by atoms with Crippen molar-refractivity contribution in [1.82, 2.24) is 24.7 Å². The summed E-state index contributed by atoms with van der Waals surface area (Å²) in [5, 5.41) is 9.09. The normalized spacial score (nSPS) is 11.3. The predicted octanol–water partition coefficient (Wildman–Crippen LogP) is 3.61. The molecule has 3 heterocycles. The van der Waals surface area contributed by atoms with Gasteiger partial charge < -0.3 is 4.98 Å². The number of aromatic nitrogens is 5. The van der Waals surface area contributed by atoms with E-state index in [1.54, 1.807) is 22.8 Å². The summed E-state index contributed by atoms with van der Waals surface area (Å²) >= 11 is 2.84. The number of hydrogen-bond donors (Lipinski definition) is 1. The van der Waals surface area contributed by atoms with Crippen molar-refractivity contribution in [2.24, 2.45) is 0 Å². The minimum Gasteiger partial charge on any atom is -0.309 e. The number of fused-ring (bicyclic) bond motifs is 1. The first-order chi connectivity index (χ1) is 12.5. The molecule has 0 spiro atoms. The molecule has 3 aromatic heterocycles. The molecule has 0 unspecified atom stereocenters. The van der Waals surface area contributed by atoms with Gasteiger partial charge in [-0.15, -0.1) is 21.5 Å². The number of thiophene rings is 1. The van der Waals surface area contributed by atoms with E-state index in [0.717, 1.165) is 15.3 Å². The first-order valence-electron chi connectivity index (χ1n) is 7.81. The summed E-state index contributed by atoms with van der Waals surface area (Å²) in [4.78, 5) is 21.5. The van der Waals surface area contributed by atoms with Gasteiger partial charge in [-0.3, -0.25) is 9.36 Å². The van der Waals surface area contributed by atoms with Gasteiger partial charge in [-0.05, 0) is 31.5 Å². The Morgan fingerprint density at radius 3 is 2.92 bits per heavy atom. The van der Waals surface area contributed by atoms with Crippen LogP contribution in [0.3, 0.4) is 0 Å². The molecule has 0 aliphatic carbocycles. The molecule has 0 saturated heterocycles. The van der Waals surface area contributed by atoms with E-state index in [4.69, 9.17) is 0 Å². The third-order valence-corrected chi connectivity index (χ3v) is 6.11. The molecule has 0 aliphatic heterocycles. The van der Waals surface area contributed by atoms with Crippen molar-refractivity contribution in [1.29, 1.82) is 0 Å². The lowest BCUT2D eigenvalue weighted by atomic mass is 10.2.